The Balaban J connectivity index is 4.12. The Kier molecular flexibility index (Phi) is 6.50. The summed E-state index contributed by atoms with van der Waals surface area (Å²) in [6.45, 7) is 7.05. The van der Waals surface area contributed by atoms with E-state index in [0.717, 1.165) is 25.8 Å². The van der Waals surface area contributed by atoms with Gasteiger partial charge in [0, 0.05) is 12.0 Å². The maximum Gasteiger partial charge on any atom is 0.160 e. The van der Waals surface area contributed by atoms with Crippen molar-refractivity contribution < 1.29 is 4.79 Å². The average Bonchev–Trinajstić information content (AvgIpc) is 2.14. The van der Waals surface area contributed by atoms with Gasteiger partial charge in [-0.3, -0.25) is 4.79 Å². The summed E-state index contributed by atoms with van der Waals surface area (Å²) in [4.78, 5) is 13.9. The number of unbranched alkanes of at least 4 members (excludes halogenated alkanes) is 1. The van der Waals surface area contributed by atoms with Crippen molar-refractivity contribution in [2.45, 2.75) is 40.0 Å². The first-order valence-electron chi connectivity index (χ1n) is 5.76. The van der Waals surface area contributed by atoms with E-state index in [1.165, 1.54) is 0 Å². The Morgan fingerprint density at radius 2 is 1.93 bits per heavy atom. The highest BCUT2D eigenvalue weighted by atomic mass is 16.1. The summed E-state index contributed by atoms with van der Waals surface area (Å²) in [7, 11) is 3.99. The molecule has 88 valence electrons. The second-order valence-corrected chi connectivity index (χ2v) is 5.02. The summed E-state index contributed by atoms with van der Waals surface area (Å²) in [5.74, 6) is 0.248. The summed E-state index contributed by atoms with van der Waals surface area (Å²) in [6, 6.07) is 0. The molecule has 0 aliphatic rings. The van der Waals surface area contributed by atoms with Gasteiger partial charge in [0.1, 0.15) is 0 Å². The van der Waals surface area contributed by atoms with E-state index in [2.05, 4.69) is 6.92 Å². The van der Waals surface area contributed by atoms with Gasteiger partial charge in [-0.05, 0) is 26.6 Å². The van der Waals surface area contributed by atoms with Crippen molar-refractivity contribution in [3.8, 4) is 0 Å². The van der Waals surface area contributed by atoms with E-state index >= 15 is 0 Å². The standard InChI is InChI=1S/C13H25NO/c1-6-7-10-13(2,3)12(15)9-8-11-14(4)5/h8-9H,6-7,10-11H2,1-5H3/b9-8+. The third-order valence-corrected chi connectivity index (χ3v) is 2.56. The molecule has 0 atom stereocenters. The zero-order valence-corrected chi connectivity index (χ0v) is 10.8. The molecule has 0 aliphatic heterocycles. The van der Waals surface area contributed by atoms with Crippen molar-refractivity contribution in [3.63, 3.8) is 0 Å². The minimum absolute atomic E-state index is 0.196. The Morgan fingerprint density at radius 1 is 1.33 bits per heavy atom. The van der Waals surface area contributed by atoms with Crippen molar-refractivity contribution in [2.75, 3.05) is 20.6 Å². The molecule has 0 aliphatic carbocycles. The number of ketones is 1. The highest BCUT2D eigenvalue weighted by molar-refractivity contribution is 5.94. The summed E-state index contributed by atoms with van der Waals surface area (Å²) < 4.78 is 0. The van der Waals surface area contributed by atoms with Gasteiger partial charge in [0.2, 0.25) is 0 Å². The summed E-state index contributed by atoms with van der Waals surface area (Å²) in [5.41, 5.74) is -0.196. The molecule has 0 spiro atoms. The molecule has 0 aromatic heterocycles. The number of rotatable bonds is 7. The molecule has 0 rings (SSSR count). The fourth-order valence-electron chi connectivity index (χ4n) is 1.34. The van der Waals surface area contributed by atoms with Crippen LogP contribution in [-0.4, -0.2) is 31.3 Å². The number of hydrogen-bond acceptors (Lipinski definition) is 2. The predicted octanol–water partition coefficient (Wildman–Crippen LogP) is 2.89. The quantitative estimate of drug-likeness (QED) is 0.603. The van der Waals surface area contributed by atoms with Crippen LogP contribution in [0.5, 0.6) is 0 Å². The molecule has 0 fully saturated rings. The van der Waals surface area contributed by atoms with E-state index in [9.17, 15) is 4.79 Å². The summed E-state index contributed by atoms with van der Waals surface area (Å²) >= 11 is 0. The van der Waals surface area contributed by atoms with Gasteiger partial charge in [-0.1, -0.05) is 39.7 Å². The molecular formula is C13H25NO. The second-order valence-electron chi connectivity index (χ2n) is 5.02. The number of hydrogen-bond donors (Lipinski definition) is 0. The van der Waals surface area contributed by atoms with Crippen LogP contribution < -0.4 is 0 Å². The molecule has 0 heterocycles. The molecule has 0 saturated heterocycles. The molecule has 0 unspecified atom stereocenters. The average molecular weight is 211 g/mol. The lowest BCUT2D eigenvalue weighted by atomic mass is 9.82. The van der Waals surface area contributed by atoms with Crippen LogP contribution in [-0.2, 0) is 4.79 Å². The number of nitrogens with zero attached hydrogens (tertiary/aromatic N) is 1. The Labute approximate surface area is 94.4 Å². The van der Waals surface area contributed by atoms with Gasteiger partial charge in [0.25, 0.3) is 0 Å². The molecule has 0 radical (unpaired) electrons. The molecular weight excluding hydrogens is 186 g/mol. The number of allylic oxidation sites excluding steroid dienone is 1. The highest BCUT2D eigenvalue weighted by Gasteiger charge is 2.23. The smallest absolute Gasteiger partial charge is 0.160 e. The molecule has 2 nitrogen and oxygen atoms in total. The number of carbonyl (C=O) groups excluding carboxylic acids is 1. The molecule has 0 N–H and O–H groups in total. The maximum atomic E-state index is 11.8. The van der Waals surface area contributed by atoms with Crippen molar-refractivity contribution in [3.05, 3.63) is 12.2 Å². The largest absolute Gasteiger partial charge is 0.306 e. The summed E-state index contributed by atoms with van der Waals surface area (Å²) in [5, 5.41) is 0. The molecule has 15 heavy (non-hydrogen) atoms. The minimum Gasteiger partial charge on any atom is -0.306 e. The molecule has 0 aromatic carbocycles. The lowest BCUT2D eigenvalue weighted by molar-refractivity contribution is -0.122. The van der Waals surface area contributed by atoms with Crippen LogP contribution in [0.3, 0.4) is 0 Å². The van der Waals surface area contributed by atoms with E-state index in [1.54, 1.807) is 6.08 Å². The monoisotopic (exact) mass is 211 g/mol. The topological polar surface area (TPSA) is 20.3 Å². The van der Waals surface area contributed by atoms with Crippen LogP contribution in [0.4, 0.5) is 0 Å². The molecule has 0 amide bonds. The number of likely N-dealkylation sites (N-methyl/N-ethyl adjacent to an activating group) is 1. The first kappa shape index (κ1) is 14.4. The van der Waals surface area contributed by atoms with E-state index in [1.807, 2.05) is 38.9 Å². The van der Waals surface area contributed by atoms with E-state index in [4.69, 9.17) is 0 Å². The van der Waals surface area contributed by atoms with E-state index in [-0.39, 0.29) is 11.2 Å². The minimum atomic E-state index is -0.196. The molecule has 2 heteroatoms. The summed E-state index contributed by atoms with van der Waals surface area (Å²) in [6.07, 6.45) is 6.93. The normalized spacial score (nSPS) is 12.7. The van der Waals surface area contributed by atoms with Gasteiger partial charge in [-0.2, -0.15) is 0 Å². The van der Waals surface area contributed by atoms with Crippen LogP contribution in [0, 0.1) is 5.41 Å². The fraction of sp³-hybridized carbons (Fsp3) is 0.769. The second kappa shape index (κ2) is 6.78. The van der Waals surface area contributed by atoms with Crippen molar-refractivity contribution in [2.24, 2.45) is 5.41 Å². The van der Waals surface area contributed by atoms with E-state index < -0.39 is 0 Å². The zero-order chi connectivity index (χ0) is 11.9. The van der Waals surface area contributed by atoms with Crippen LogP contribution >= 0.6 is 0 Å². The predicted molar refractivity (Wildman–Crippen MR) is 66.0 cm³/mol. The van der Waals surface area contributed by atoms with Gasteiger partial charge >= 0.3 is 0 Å². The molecule has 0 bridgehead atoms. The van der Waals surface area contributed by atoms with Gasteiger partial charge in [-0.25, -0.2) is 0 Å². The lowest BCUT2D eigenvalue weighted by Gasteiger charge is -2.20. The van der Waals surface area contributed by atoms with Gasteiger partial charge in [-0.15, -0.1) is 0 Å². The zero-order valence-electron chi connectivity index (χ0n) is 10.8. The third-order valence-electron chi connectivity index (χ3n) is 2.56. The third kappa shape index (κ3) is 6.45. The van der Waals surface area contributed by atoms with Crippen LogP contribution in [0.1, 0.15) is 40.0 Å². The van der Waals surface area contributed by atoms with Gasteiger partial charge in [0.05, 0.1) is 0 Å². The van der Waals surface area contributed by atoms with Gasteiger partial charge in [0.15, 0.2) is 5.78 Å². The van der Waals surface area contributed by atoms with E-state index in [0.29, 0.717) is 0 Å². The Morgan fingerprint density at radius 3 is 2.40 bits per heavy atom. The fourth-order valence-corrected chi connectivity index (χ4v) is 1.34. The molecule has 0 aromatic rings. The highest BCUT2D eigenvalue weighted by Crippen LogP contribution is 2.24. The lowest BCUT2D eigenvalue weighted by Crippen LogP contribution is -2.22. The van der Waals surface area contributed by atoms with Crippen molar-refractivity contribution in [1.82, 2.24) is 4.90 Å². The maximum absolute atomic E-state index is 11.8. The van der Waals surface area contributed by atoms with Crippen LogP contribution in [0.25, 0.3) is 0 Å². The van der Waals surface area contributed by atoms with Crippen LogP contribution in [0.15, 0.2) is 12.2 Å². The van der Waals surface area contributed by atoms with Crippen molar-refractivity contribution >= 4 is 5.78 Å². The van der Waals surface area contributed by atoms with Crippen molar-refractivity contribution in [1.29, 1.82) is 0 Å². The van der Waals surface area contributed by atoms with Gasteiger partial charge < -0.3 is 4.90 Å². The number of carbonyl (C=O) groups is 1. The Bertz CT molecular complexity index is 217. The first-order valence-corrected chi connectivity index (χ1v) is 5.76. The Hall–Kier alpha value is -0.630. The first-order chi connectivity index (χ1) is 6.90. The molecule has 0 saturated carbocycles. The SMILES string of the molecule is CCCCC(C)(C)C(=O)/C=C/CN(C)C. The van der Waals surface area contributed by atoms with Crippen LogP contribution in [0.2, 0.25) is 0 Å².